The number of carbonyl (C=O) groups is 1. The van der Waals surface area contributed by atoms with Crippen LogP contribution in [0.1, 0.15) is 24.4 Å². The molecule has 3 N–H and O–H groups in total. The predicted octanol–water partition coefficient (Wildman–Crippen LogP) is 1.92. The number of aromatic nitrogens is 3. The minimum absolute atomic E-state index is 0.0900. The van der Waals surface area contributed by atoms with Crippen LogP contribution in [-0.2, 0) is 4.79 Å². The molecular formula is C13H16ClN5OS. The number of halogens is 1. The third kappa shape index (κ3) is 4.12. The number of thioether (sulfide) groups is 1. The van der Waals surface area contributed by atoms with Crippen LogP contribution in [0.25, 0.3) is 0 Å². The van der Waals surface area contributed by atoms with Gasteiger partial charge in [0.1, 0.15) is 5.82 Å². The molecule has 1 aromatic heterocycles. The third-order valence-electron chi connectivity index (χ3n) is 2.91. The highest BCUT2D eigenvalue weighted by Crippen LogP contribution is 2.17. The van der Waals surface area contributed by atoms with Gasteiger partial charge in [0.15, 0.2) is 0 Å². The lowest BCUT2D eigenvalue weighted by Gasteiger charge is -2.14. The van der Waals surface area contributed by atoms with E-state index in [9.17, 15) is 4.79 Å². The van der Waals surface area contributed by atoms with Gasteiger partial charge >= 0.3 is 0 Å². The molecule has 1 amide bonds. The van der Waals surface area contributed by atoms with Crippen molar-refractivity contribution >= 4 is 29.3 Å². The van der Waals surface area contributed by atoms with E-state index in [0.717, 1.165) is 5.56 Å². The van der Waals surface area contributed by atoms with E-state index in [0.29, 0.717) is 16.0 Å². The van der Waals surface area contributed by atoms with E-state index >= 15 is 0 Å². The molecule has 0 spiro atoms. The fraction of sp³-hybridized carbons (Fsp3) is 0.308. The predicted molar refractivity (Wildman–Crippen MR) is 83.6 cm³/mol. The molecule has 0 radical (unpaired) electrons. The smallest absolute Gasteiger partial charge is 0.230 e. The second kappa shape index (κ2) is 6.82. The summed E-state index contributed by atoms with van der Waals surface area (Å²) in [4.78, 5) is 11.9. The summed E-state index contributed by atoms with van der Waals surface area (Å²) in [5.74, 6) is 6.46. The van der Waals surface area contributed by atoms with Crippen LogP contribution in [-0.4, -0.2) is 26.5 Å². The van der Waals surface area contributed by atoms with Crippen LogP contribution in [0.4, 0.5) is 0 Å². The van der Waals surface area contributed by atoms with E-state index in [-0.39, 0.29) is 17.7 Å². The molecule has 21 heavy (non-hydrogen) atoms. The van der Waals surface area contributed by atoms with Gasteiger partial charge in [-0.1, -0.05) is 35.5 Å². The molecule has 0 unspecified atom stereocenters. The van der Waals surface area contributed by atoms with Gasteiger partial charge in [0.05, 0.1) is 11.8 Å². The number of nitrogens with one attached hydrogen (secondary N) is 1. The Morgan fingerprint density at radius 3 is 2.67 bits per heavy atom. The number of nitrogens with zero attached hydrogens (tertiary/aromatic N) is 3. The van der Waals surface area contributed by atoms with Crippen molar-refractivity contribution in [3.63, 3.8) is 0 Å². The summed E-state index contributed by atoms with van der Waals surface area (Å²) in [6.07, 6.45) is 0. The molecule has 112 valence electrons. The van der Waals surface area contributed by atoms with Crippen LogP contribution in [0.5, 0.6) is 0 Å². The van der Waals surface area contributed by atoms with Gasteiger partial charge in [-0.05, 0) is 31.5 Å². The number of hydrogen-bond acceptors (Lipinski definition) is 5. The van der Waals surface area contributed by atoms with Gasteiger partial charge in [0.25, 0.3) is 0 Å². The molecular weight excluding hydrogens is 310 g/mol. The van der Waals surface area contributed by atoms with E-state index in [1.165, 1.54) is 16.4 Å². The fourth-order valence-electron chi connectivity index (χ4n) is 1.70. The SMILES string of the molecule is Cc1nnc(SCC(=O)N[C@@H](C)c2ccc(Cl)cc2)n1N. The van der Waals surface area contributed by atoms with Crippen molar-refractivity contribution in [2.45, 2.75) is 25.0 Å². The molecule has 2 rings (SSSR count). The number of carbonyl (C=O) groups excluding carboxylic acids is 1. The lowest BCUT2D eigenvalue weighted by Crippen LogP contribution is -2.28. The number of nitrogen functional groups attached to an aromatic ring is 1. The summed E-state index contributed by atoms with van der Waals surface area (Å²) in [5.41, 5.74) is 0.996. The number of hydrogen-bond donors (Lipinski definition) is 2. The second-order valence-electron chi connectivity index (χ2n) is 4.53. The Morgan fingerprint density at radius 2 is 2.10 bits per heavy atom. The summed E-state index contributed by atoms with van der Waals surface area (Å²) < 4.78 is 1.36. The zero-order valence-corrected chi connectivity index (χ0v) is 13.3. The number of rotatable bonds is 5. The first-order valence-electron chi connectivity index (χ1n) is 6.32. The van der Waals surface area contributed by atoms with Crippen molar-refractivity contribution in [3.8, 4) is 0 Å². The molecule has 1 atom stereocenters. The average molecular weight is 326 g/mol. The molecule has 0 saturated carbocycles. The van der Waals surface area contributed by atoms with Gasteiger partial charge in [-0.3, -0.25) is 4.79 Å². The first-order chi connectivity index (χ1) is 9.97. The van der Waals surface area contributed by atoms with Crippen molar-refractivity contribution in [1.29, 1.82) is 0 Å². The van der Waals surface area contributed by atoms with Gasteiger partial charge < -0.3 is 11.2 Å². The Bertz CT molecular complexity index is 628. The standard InChI is InChI=1S/C13H16ClN5OS/c1-8(10-3-5-11(14)6-4-10)16-12(20)7-21-13-18-17-9(2)19(13)15/h3-6,8H,7,15H2,1-2H3,(H,16,20)/t8-/m0/s1. The molecule has 0 bridgehead atoms. The molecule has 0 aliphatic carbocycles. The maximum Gasteiger partial charge on any atom is 0.230 e. The van der Waals surface area contributed by atoms with E-state index < -0.39 is 0 Å². The first-order valence-corrected chi connectivity index (χ1v) is 7.68. The van der Waals surface area contributed by atoms with Crippen LogP contribution in [0.2, 0.25) is 5.02 Å². The van der Waals surface area contributed by atoms with Crippen LogP contribution in [0.3, 0.4) is 0 Å². The van der Waals surface area contributed by atoms with Crippen LogP contribution in [0.15, 0.2) is 29.4 Å². The van der Waals surface area contributed by atoms with Crippen LogP contribution >= 0.6 is 23.4 Å². The quantitative estimate of drug-likeness (QED) is 0.648. The summed E-state index contributed by atoms with van der Waals surface area (Å²) >= 11 is 7.09. The van der Waals surface area contributed by atoms with Crippen molar-refractivity contribution in [1.82, 2.24) is 20.2 Å². The van der Waals surface area contributed by atoms with Gasteiger partial charge in [0.2, 0.25) is 11.1 Å². The maximum atomic E-state index is 11.9. The Balaban J connectivity index is 1.87. The highest BCUT2D eigenvalue weighted by Gasteiger charge is 2.12. The van der Waals surface area contributed by atoms with Crippen LogP contribution in [0, 0.1) is 6.92 Å². The van der Waals surface area contributed by atoms with Crippen molar-refractivity contribution < 1.29 is 4.79 Å². The molecule has 6 nitrogen and oxygen atoms in total. The lowest BCUT2D eigenvalue weighted by molar-refractivity contribution is -0.119. The Kier molecular flexibility index (Phi) is 5.08. The number of nitrogens with two attached hydrogens (primary N) is 1. The number of benzene rings is 1. The first kappa shape index (κ1) is 15.7. The normalized spacial score (nSPS) is 12.1. The highest BCUT2D eigenvalue weighted by molar-refractivity contribution is 7.99. The maximum absolute atomic E-state index is 11.9. The summed E-state index contributed by atoms with van der Waals surface area (Å²) in [5, 5.41) is 11.8. The molecule has 0 aliphatic rings. The third-order valence-corrected chi connectivity index (χ3v) is 4.11. The second-order valence-corrected chi connectivity index (χ2v) is 5.91. The minimum Gasteiger partial charge on any atom is -0.349 e. The minimum atomic E-state index is -0.0943. The van der Waals surface area contributed by atoms with E-state index in [1.807, 2.05) is 19.1 Å². The lowest BCUT2D eigenvalue weighted by atomic mass is 10.1. The van der Waals surface area contributed by atoms with Gasteiger partial charge in [-0.25, -0.2) is 4.68 Å². The Hall–Kier alpha value is -1.73. The molecule has 8 heteroatoms. The largest absolute Gasteiger partial charge is 0.349 e. The summed E-state index contributed by atoms with van der Waals surface area (Å²) in [7, 11) is 0. The van der Waals surface area contributed by atoms with Crippen LogP contribution < -0.4 is 11.2 Å². The van der Waals surface area contributed by atoms with Gasteiger partial charge in [-0.2, -0.15) is 0 Å². The highest BCUT2D eigenvalue weighted by atomic mass is 35.5. The summed E-state index contributed by atoms with van der Waals surface area (Å²) in [6.45, 7) is 3.67. The molecule has 1 heterocycles. The van der Waals surface area contributed by atoms with Gasteiger partial charge in [-0.15, -0.1) is 10.2 Å². The Labute approximate surface area is 132 Å². The number of amides is 1. The summed E-state index contributed by atoms with van der Waals surface area (Å²) in [6, 6.07) is 7.29. The zero-order valence-electron chi connectivity index (χ0n) is 11.7. The van der Waals surface area contributed by atoms with Gasteiger partial charge in [0, 0.05) is 5.02 Å². The van der Waals surface area contributed by atoms with Crippen molar-refractivity contribution in [2.24, 2.45) is 0 Å². The topological polar surface area (TPSA) is 85.8 Å². The molecule has 1 aromatic carbocycles. The van der Waals surface area contributed by atoms with E-state index in [1.54, 1.807) is 19.1 Å². The molecule has 0 fully saturated rings. The molecule has 0 saturated heterocycles. The number of aryl methyl sites for hydroxylation is 1. The zero-order chi connectivity index (χ0) is 15.4. The molecule has 2 aromatic rings. The monoisotopic (exact) mass is 325 g/mol. The van der Waals surface area contributed by atoms with E-state index in [4.69, 9.17) is 17.4 Å². The Morgan fingerprint density at radius 1 is 1.43 bits per heavy atom. The van der Waals surface area contributed by atoms with Crippen molar-refractivity contribution in [3.05, 3.63) is 40.7 Å². The van der Waals surface area contributed by atoms with Crippen molar-refractivity contribution in [2.75, 3.05) is 11.6 Å². The average Bonchev–Trinajstić information content (AvgIpc) is 2.77. The fourth-order valence-corrected chi connectivity index (χ4v) is 2.54. The molecule has 0 aliphatic heterocycles. The van der Waals surface area contributed by atoms with E-state index in [2.05, 4.69) is 15.5 Å².